The summed E-state index contributed by atoms with van der Waals surface area (Å²) in [6.45, 7) is 4.23. The molecule has 0 aromatic heterocycles. The second-order valence-corrected chi connectivity index (χ2v) is 3.96. The van der Waals surface area contributed by atoms with Gasteiger partial charge in [0.25, 0.3) is 0 Å². The zero-order valence-corrected chi connectivity index (χ0v) is 10.1. The first kappa shape index (κ1) is 13.7. The standard InChI is InChI=1S/C13H26O/c1-4-5-6-7-8-9-10-11-12-13(2)14-3/h4-5,13H,6-12H2,1-3H3/b5-4+. The lowest BCUT2D eigenvalue weighted by molar-refractivity contribution is 0.108. The van der Waals surface area contributed by atoms with Crippen LogP contribution in [-0.2, 0) is 4.74 Å². The number of unbranched alkanes of at least 4 members (excludes halogenated alkanes) is 5. The summed E-state index contributed by atoms with van der Waals surface area (Å²) >= 11 is 0. The Morgan fingerprint density at radius 1 is 1.07 bits per heavy atom. The van der Waals surface area contributed by atoms with Gasteiger partial charge < -0.3 is 4.74 Å². The first-order valence-corrected chi connectivity index (χ1v) is 5.95. The lowest BCUT2D eigenvalue weighted by Gasteiger charge is -2.08. The zero-order valence-electron chi connectivity index (χ0n) is 10.1. The summed E-state index contributed by atoms with van der Waals surface area (Å²) in [6.07, 6.45) is 14.1. The topological polar surface area (TPSA) is 9.23 Å². The molecule has 0 bridgehead atoms. The second-order valence-electron chi connectivity index (χ2n) is 3.96. The van der Waals surface area contributed by atoms with E-state index in [1.165, 1.54) is 44.9 Å². The van der Waals surface area contributed by atoms with E-state index in [0.717, 1.165) is 0 Å². The fourth-order valence-electron chi connectivity index (χ4n) is 1.51. The Balaban J connectivity index is 2.99. The minimum Gasteiger partial charge on any atom is -0.382 e. The van der Waals surface area contributed by atoms with Crippen LogP contribution in [0.2, 0.25) is 0 Å². The third-order valence-electron chi connectivity index (χ3n) is 2.62. The van der Waals surface area contributed by atoms with E-state index >= 15 is 0 Å². The highest BCUT2D eigenvalue weighted by atomic mass is 16.5. The number of allylic oxidation sites excluding steroid dienone is 2. The monoisotopic (exact) mass is 198 g/mol. The maximum Gasteiger partial charge on any atom is 0.0543 e. The van der Waals surface area contributed by atoms with E-state index < -0.39 is 0 Å². The van der Waals surface area contributed by atoms with E-state index in [2.05, 4.69) is 26.0 Å². The van der Waals surface area contributed by atoms with Gasteiger partial charge >= 0.3 is 0 Å². The Kier molecular flexibility index (Phi) is 10.5. The quantitative estimate of drug-likeness (QED) is 0.396. The highest BCUT2D eigenvalue weighted by Crippen LogP contribution is 2.09. The van der Waals surface area contributed by atoms with E-state index in [1.807, 2.05) is 0 Å². The lowest BCUT2D eigenvalue weighted by Crippen LogP contribution is -2.03. The van der Waals surface area contributed by atoms with E-state index in [9.17, 15) is 0 Å². The molecule has 1 heteroatoms. The van der Waals surface area contributed by atoms with Crippen molar-refractivity contribution in [1.29, 1.82) is 0 Å². The fraction of sp³-hybridized carbons (Fsp3) is 0.846. The molecule has 0 aromatic rings. The molecule has 84 valence electrons. The van der Waals surface area contributed by atoms with Crippen LogP contribution in [-0.4, -0.2) is 13.2 Å². The Bertz CT molecular complexity index is 129. The van der Waals surface area contributed by atoms with Crippen LogP contribution in [0, 0.1) is 0 Å². The number of rotatable bonds is 9. The van der Waals surface area contributed by atoms with Crippen molar-refractivity contribution >= 4 is 0 Å². The minimum atomic E-state index is 0.443. The fourth-order valence-corrected chi connectivity index (χ4v) is 1.51. The van der Waals surface area contributed by atoms with Gasteiger partial charge in [-0.05, 0) is 33.1 Å². The largest absolute Gasteiger partial charge is 0.382 e. The SMILES string of the molecule is C/C=C/CCCCCCCC(C)OC. The third-order valence-corrected chi connectivity index (χ3v) is 2.62. The highest BCUT2D eigenvalue weighted by molar-refractivity contribution is 4.76. The second kappa shape index (κ2) is 10.8. The molecule has 0 heterocycles. The molecule has 0 aromatic carbocycles. The van der Waals surface area contributed by atoms with Crippen LogP contribution >= 0.6 is 0 Å². The average Bonchev–Trinajstić information content (AvgIpc) is 2.21. The third kappa shape index (κ3) is 9.79. The van der Waals surface area contributed by atoms with Crippen molar-refractivity contribution in [2.45, 2.75) is 64.9 Å². The van der Waals surface area contributed by atoms with Gasteiger partial charge in [0.05, 0.1) is 6.10 Å². The lowest BCUT2D eigenvalue weighted by atomic mass is 10.1. The van der Waals surface area contributed by atoms with Crippen LogP contribution in [0.25, 0.3) is 0 Å². The van der Waals surface area contributed by atoms with Crippen molar-refractivity contribution in [1.82, 2.24) is 0 Å². The van der Waals surface area contributed by atoms with Gasteiger partial charge in [-0.25, -0.2) is 0 Å². The summed E-state index contributed by atoms with van der Waals surface area (Å²) in [5.41, 5.74) is 0. The molecule has 0 radical (unpaired) electrons. The van der Waals surface area contributed by atoms with Gasteiger partial charge in [-0.15, -0.1) is 0 Å². The molecule has 1 atom stereocenters. The van der Waals surface area contributed by atoms with Crippen molar-refractivity contribution in [2.75, 3.05) is 7.11 Å². The van der Waals surface area contributed by atoms with Crippen molar-refractivity contribution in [3.63, 3.8) is 0 Å². The summed E-state index contributed by atoms with van der Waals surface area (Å²) < 4.78 is 5.20. The molecular formula is C13H26O. The zero-order chi connectivity index (χ0) is 10.6. The van der Waals surface area contributed by atoms with Crippen LogP contribution in [0.1, 0.15) is 58.8 Å². The molecule has 0 rings (SSSR count). The first-order valence-electron chi connectivity index (χ1n) is 5.95. The Morgan fingerprint density at radius 2 is 1.71 bits per heavy atom. The van der Waals surface area contributed by atoms with Gasteiger partial charge in [0.1, 0.15) is 0 Å². The van der Waals surface area contributed by atoms with E-state index in [-0.39, 0.29) is 0 Å². The Labute approximate surface area is 89.5 Å². The molecule has 0 aliphatic heterocycles. The van der Waals surface area contributed by atoms with Crippen molar-refractivity contribution in [3.05, 3.63) is 12.2 Å². The smallest absolute Gasteiger partial charge is 0.0543 e. The van der Waals surface area contributed by atoms with Gasteiger partial charge in [-0.1, -0.05) is 37.8 Å². The minimum absolute atomic E-state index is 0.443. The Hall–Kier alpha value is -0.300. The number of hydrogen-bond donors (Lipinski definition) is 0. The molecule has 1 nitrogen and oxygen atoms in total. The van der Waals surface area contributed by atoms with Crippen LogP contribution < -0.4 is 0 Å². The molecule has 0 saturated heterocycles. The molecule has 0 aliphatic rings. The average molecular weight is 198 g/mol. The van der Waals surface area contributed by atoms with Crippen LogP contribution in [0.3, 0.4) is 0 Å². The van der Waals surface area contributed by atoms with Gasteiger partial charge in [-0.3, -0.25) is 0 Å². The molecule has 0 amide bonds. The molecule has 0 N–H and O–H groups in total. The molecule has 1 unspecified atom stereocenters. The maximum absolute atomic E-state index is 5.20. The summed E-state index contributed by atoms with van der Waals surface area (Å²) in [7, 11) is 1.79. The van der Waals surface area contributed by atoms with Gasteiger partial charge in [0.15, 0.2) is 0 Å². The number of methoxy groups -OCH3 is 1. The van der Waals surface area contributed by atoms with Crippen LogP contribution in [0.4, 0.5) is 0 Å². The van der Waals surface area contributed by atoms with Crippen molar-refractivity contribution in [2.24, 2.45) is 0 Å². The molecule has 0 aliphatic carbocycles. The summed E-state index contributed by atoms with van der Waals surface area (Å²) in [4.78, 5) is 0. The number of hydrogen-bond acceptors (Lipinski definition) is 1. The summed E-state index contributed by atoms with van der Waals surface area (Å²) in [5.74, 6) is 0. The van der Waals surface area contributed by atoms with Crippen molar-refractivity contribution in [3.8, 4) is 0 Å². The number of ether oxygens (including phenoxy) is 1. The predicted molar refractivity (Wildman–Crippen MR) is 63.6 cm³/mol. The summed E-state index contributed by atoms with van der Waals surface area (Å²) in [5, 5.41) is 0. The van der Waals surface area contributed by atoms with Gasteiger partial charge in [-0.2, -0.15) is 0 Å². The van der Waals surface area contributed by atoms with E-state index in [4.69, 9.17) is 4.74 Å². The maximum atomic E-state index is 5.20. The van der Waals surface area contributed by atoms with E-state index in [0.29, 0.717) is 6.10 Å². The molecule has 0 saturated carbocycles. The normalized spacial score (nSPS) is 13.6. The van der Waals surface area contributed by atoms with Crippen LogP contribution in [0.15, 0.2) is 12.2 Å². The molecular weight excluding hydrogens is 172 g/mol. The summed E-state index contributed by atoms with van der Waals surface area (Å²) in [6, 6.07) is 0. The van der Waals surface area contributed by atoms with Gasteiger partial charge in [0.2, 0.25) is 0 Å². The van der Waals surface area contributed by atoms with E-state index in [1.54, 1.807) is 7.11 Å². The predicted octanol–water partition coefficient (Wildman–Crippen LogP) is 4.33. The van der Waals surface area contributed by atoms with Gasteiger partial charge in [0, 0.05) is 7.11 Å². The molecule has 0 fully saturated rings. The Morgan fingerprint density at radius 3 is 2.36 bits per heavy atom. The molecule has 0 spiro atoms. The van der Waals surface area contributed by atoms with Crippen LogP contribution in [0.5, 0.6) is 0 Å². The van der Waals surface area contributed by atoms with Crippen molar-refractivity contribution < 1.29 is 4.74 Å². The first-order chi connectivity index (χ1) is 6.81. The molecule has 14 heavy (non-hydrogen) atoms. The highest BCUT2D eigenvalue weighted by Gasteiger charge is 1.97.